The molecule has 0 radical (unpaired) electrons. The summed E-state index contributed by atoms with van der Waals surface area (Å²) in [5, 5.41) is 5.30. The molecule has 6 nitrogen and oxygen atoms in total. The van der Waals surface area contributed by atoms with Gasteiger partial charge in [-0.05, 0) is 19.1 Å². The summed E-state index contributed by atoms with van der Waals surface area (Å²) in [7, 11) is 0. The van der Waals surface area contributed by atoms with E-state index in [9.17, 15) is 9.59 Å². The fraction of sp³-hybridized carbons (Fsp3) is 0.286. The molecule has 2 aromatic rings. The van der Waals surface area contributed by atoms with Gasteiger partial charge in [-0.15, -0.1) is 11.3 Å². The molecule has 0 aromatic carbocycles. The molecule has 2 heterocycles. The smallest absolute Gasteiger partial charge is 0.396 e. The van der Waals surface area contributed by atoms with Gasteiger partial charge < -0.3 is 10.1 Å². The molecule has 0 spiro atoms. The quantitative estimate of drug-likeness (QED) is 0.667. The van der Waals surface area contributed by atoms with Crippen LogP contribution in [0.2, 0.25) is 0 Å². The molecule has 0 fully saturated rings. The minimum absolute atomic E-state index is 0.187. The minimum Gasteiger partial charge on any atom is -0.459 e. The summed E-state index contributed by atoms with van der Waals surface area (Å²) in [4.78, 5) is 31.1. The average Bonchev–Trinajstić information content (AvgIpc) is 2.97. The first-order valence-corrected chi connectivity index (χ1v) is 7.39. The first-order valence-electron chi connectivity index (χ1n) is 6.51. The molecule has 0 saturated heterocycles. The van der Waals surface area contributed by atoms with Crippen molar-refractivity contribution in [3.05, 3.63) is 34.8 Å². The van der Waals surface area contributed by atoms with E-state index in [1.165, 1.54) is 11.3 Å². The third-order valence-corrected chi connectivity index (χ3v) is 3.47. The Hall–Kier alpha value is -2.28. The first kappa shape index (κ1) is 15.1. The number of aromatic nitrogens is 2. The maximum Gasteiger partial charge on any atom is 0.396 e. The van der Waals surface area contributed by atoms with Gasteiger partial charge in [0.1, 0.15) is 0 Å². The third kappa shape index (κ3) is 4.35. The van der Waals surface area contributed by atoms with E-state index < -0.39 is 11.9 Å². The lowest BCUT2D eigenvalue weighted by Gasteiger charge is -2.02. The highest BCUT2D eigenvalue weighted by molar-refractivity contribution is 7.09. The van der Waals surface area contributed by atoms with Crippen molar-refractivity contribution in [3.8, 4) is 11.4 Å². The Bertz CT molecular complexity index is 613. The Morgan fingerprint density at radius 1 is 1.33 bits per heavy atom. The van der Waals surface area contributed by atoms with E-state index in [0.717, 1.165) is 16.4 Å². The number of carbonyl (C=O) groups excluding carboxylic acids is 2. The standard InChI is InChI=1S/C14H15N3O3S/c1-2-20-14(19)13(18)16-8-6-12-17-11(9-21-12)10-5-3-4-7-15-10/h3-5,7,9H,2,6,8H2,1H3,(H,16,18). The lowest BCUT2D eigenvalue weighted by atomic mass is 10.3. The van der Waals surface area contributed by atoms with Crippen molar-refractivity contribution in [1.82, 2.24) is 15.3 Å². The zero-order valence-electron chi connectivity index (χ0n) is 11.5. The molecule has 21 heavy (non-hydrogen) atoms. The fourth-order valence-electron chi connectivity index (χ4n) is 1.61. The van der Waals surface area contributed by atoms with Crippen molar-refractivity contribution in [1.29, 1.82) is 0 Å². The van der Waals surface area contributed by atoms with E-state index in [4.69, 9.17) is 0 Å². The highest BCUT2D eigenvalue weighted by atomic mass is 32.1. The highest BCUT2D eigenvalue weighted by Crippen LogP contribution is 2.19. The number of esters is 1. The van der Waals surface area contributed by atoms with Crippen LogP contribution < -0.4 is 5.32 Å². The molecule has 0 aliphatic rings. The summed E-state index contributed by atoms with van der Waals surface area (Å²) < 4.78 is 4.60. The largest absolute Gasteiger partial charge is 0.459 e. The lowest BCUT2D eigenvalue weighted by molar-refractivity contribution is -0.154. The van der Waals surface area contributed by atoms with Gasteiger partial charge in [0.2, 0.25) is 0 Å². The number of carbonyl (C=O) groups is 2. The Morgan fingerprint density at radius 2 is 2.19 bits per heavy atom. The second-order valence-electron chi connectivity index (χ2n) is 4.07. The minimum atomic E-state index is -0.856. The molecule has 0 aliphatic heterocycles. The number of nitrogens with zero attached hydrogens (tertiary/aromatic N) is 2. The van der Waals surface area contributed by atoms with Gasteiger partial charge in [-0.3, -0.25) is 9.78 Å². The third-order valence-electron chi connectivity index (χ3n) is 2.56. The topological polar surface area (TPSA) is 81.2 Å². The lowest BCUT2D eigenvalue weighted by Crippen LogP contribution is -2.33. The molecular weight excluding hydrogens is 290 g/mol. The van der Waals surface area contributed by atoms with Crippen LogP contribution in [0.15, 0.2) is 29.8 Å². The van der Waals surface area contributed by atoms with Gasteiger partial charge >= 0.3 is 11.9 Å². The number of ether oxygens (including phenoxy) is 1. The summed E-state index contributed by atoms with van der Waals surface area (Å²) in [5.74, 6) is -1.58. The Labute approximate surface area is 126 Å². The SMILES string of the molecule is CCOC(=O)C(=O)NCCc1nc(-c2ccccn2)cs1. The van der Waals surface area contributed by atoms with Crippen molar-refractivity contribution >= 4 is 23.2 Å². The second-order valence-corrected chi connectivity index (χ2v) is 5.01. The van der Waals surface area contributed by atoms with Crippen LogP contribution in [0.3, 0.4) is 0 Å². The molecule has 110 valence electrons. The van der Waals surface area contributed by atoms with Gasteiger partial charge in [-0.25, -0.2) is 9.78 Å². The van der Waals surface area contributed by atoms with E-state index >= 15 is 0 Å². The number of pyridine rings is 1. The van der Waals surface area contributed by atoms with Crippen LogP contribution in [-0.2, 0) is 20.7 Å². The van der Waals surface area contributed by atoms with Gasteiger partial charge in [-0.1, -0.05) is 6.07 Å². The van der Waals surface area contributed by atoms with Crippen LogP contribution in [0.1, 0.15) is 11.9 Å². The van der Waals surface area contributed by atoms with Gasteiger partial charge in [0.25, 0.3) is 0 Å². The van der Waals surface area contributed by atoms with Crippen molar-refractivity contribution in [2.75, 3.05) is 13.2 Å². The molecule has 2 rings (SSSR count). The first-order chi connectivity index (χ1) is 10.2. The summed E-state index contributed by atoms with van der Waals surface area (Å²) in [5.41, 5.74) is 1.63. The van der Waals surface area contributed by atoms with Crippen LogP contribution in [0, 0.1) is 0 Å². The second kappa shape index (κ2) is 7.49. The zero-order valence-corrected chi connectivity index (χ0v) is 12.4. The average molecular weight is 305 g/mol. The number of thiazole rings is 1. The number of hydrogen-bond acceptors (Lipinski definition) is 6. The number of rotatable bonds is 5. The molecule has 1 N–H and O–H groups in total. The molecule has 2 aromatic heterocycles. The van der Waals surface area contributed by atoms with Gasteiger partial charge in [-0.2, -0.15) is 0 Å². The van der Waals surface area contributed by atoms with Crippen LogP contribution in [0.5, 0.6) is 0 Å². The monoisotopic (exact) mass is 305 g/mol. The zero-order chi connectivity index (χ0) is 15.1. The molecule has 0 bridgehead atoms. The van der Waals surface area contributed by atoms with Crippen LogP contribution in [0.4, 0.5) is 0 Å². The van der Waals surface area contributed by atoms with E-state index in [0.29, 0.717) is 13.0 Å². The summed E-state index contributed by atoms with van der Waals surface area (Å²) in [6.45, 7) is 2.18. The van der Waals surface area contributed by atoms with Crippen LogP contribution >= 0.6 is 11.3 Å². The Morgan fingerprint density at radius 3 is 2.90 bits per heavy atom. The molecule has 0 unspecified atom stereocenters. The Balaban J connectivity index is 1.84. The molecular formula is C14H15N3O3S. The number of hydrogen-bond donors (Lipinski definition) is 1. The highest BCUT2D eigenvalue weighted by Gasteiger charge is 2.14. The van der Waals surface area contributed by atoms with Gasteiger partial charge in [0.15, 0.2) is 0 Å². The van der Waals surface area contributed by atoms with Gasteiger partial charge in [0.05, 0.1) is 23.0 Å². The molecule has 0 aliphatic carbocycles. The fourth-order valence-corrected chi connectivity index (χ4v) is 2.40. The van der Waals surface area contributed by atoms with Crippen molar-refractivity contribution < 1.29 is 14.3 Å². The van der Waals surface area contributed by atoms with Crippen LogP contribution in [-0.4, -0.2) is 35.0 Å². The summed E-state index contributed by atoms with van der Waals surface area (Å²) in [6, 6.07) is 5.64. The molecule has 1 amide bonds. The number of amides is 1. The maximum atomic E-state index is 11.3. The van der Waals surface area contributed by atoms with Crippen molar-refractivity contribution in [2.24, 2.45) is 0 Å². The van der Waals surface area contributed by atoms with E-state index in [1.807, 2.05) is 23.6 Å². The summed E-state index contributed by atoms with van der Waals surface area (Å²) in [6.07, 6.45) is 2.27. The molecule has 7 heteroatoms. The maximum absolute atomic E-state index is 11.3. The number of nitrogens with one attached hydrogen (secondary N) is 1. The van der Waals surface area contributed by atoms with Crippen molar-refractivity contribution in [3.63, 3.8) is 0 Å². The van der Waals surface area contributed by atoms with Crippen LogP contribution in [0.25, 0.3) is 11.4 Å². The molecule has 0 saturated carbocycles. The van der Waals surface area contributed by atoms with Crippen molar-refractivity contribution in [2.45, 2.75) is 13.3 Å². The van der Waals surface area contributed by atoms with Gasteiger partial charge in [0, 0.05) is 24.5 Å². The van der Waals surface area contributed by atoms with E-state index in [-0.39, 0.29) is 6.61 Å². The predicted octanol–water partition coefficient (Wildman–Crippen LogP) is 1.43. The summed E-state index contributed by atoms with van der Waals surface area (Å²) >= 11 is 1.50. The predicted molar refractivity (Wildman–Crippen MR) is 78.7 cm³/mol. The molecule has 0 atom stereocenters. The van der Waals surface area contributed by atoms with E-state index in [1.54, 1.807) is 13.1 Å². The Kier molecular flexibility index (Phi) is 5.39. The normalized spacial score (nSPS) is 10.1. The van der Waals surface area contributed by atoms with E-state index in [2.05, 4.69) is 20.0 Å².